The van der Waals surface area contributed by atoms with Gasteiger partial charge in [0, 0.05) is 5.56 Å². The molecule has 0 heterocycles. The van der Waals surface area contributed by atoms with E-state index in [2.05, 4.69) is 5.32 Å². The molecule has 0 bridgehead atoms. The average molecular weight is 343 g/mol. The van der Waals surface area contributed by atoms with Gasteiger partial charge in [0.2, 0.25) is 0 Å². The molecule has 0 aliphatic carbocycles. The fourth-order valence-corrected chi connectivity index (χ4v) is 2.07. The van der Waals surface area contributed by atoms with Gasteiger partial charge < -0.3 is 19.5 Å². The highest BCUT2D eigenvalue weighted by Crippen LogP contribution is 2.15. The van der Waals surface area contributed by atoms with E-state index in [-0.39, 0.29) is 25.7 Å². The Hall–Kier alpha value is -3.02. The number of carbonyl (C=O) groups is 2. The molecule has 25 heavy (non-hydrogen) atoms. The second kappa shape index (κ2) is 9.32. The summed E-state index contributed by atoms with van der Waals surface area (Å²) in [4.78, 5) is 23.6. The largest absolute Gasteiger partial charge is 0.497 e. The molecule has 132 valence electrons. The first kappa shape index (κ1) is 18.3. The van der Waals surface area contributed by atoms with Gasteiger partial charge in [0.25, 0.3) is 5.91 Å². The van der Waals surface area contributed by atoms with Gasteiger partial charge in [-0.25, -0.2) is 0 Å². The van der Waals surface area contributed by atoms with Gasteiger partial charge in [0.05, 0.1) is 7.11 Å². The molecule has 0 unspecified atom stereocenters. The smallest absolute Gasteiger partial charge is 0.325 e. The lowest BCUT2D eigenvalue weighted by molar-refractivity contribution is -0.143. The third kappa shape index (κ3) is 5.84. The average Bonchev–Trinajstić information content (AvgIpc) is 2.64. The van der Waals surface area contributed by atoms with E-state index in [1.165, 1.54) is 0 Å². The number of para-hydroxylation sites is 1. The molecule has 2 aromatic carbocycles. The molecule has 0 saturated heterocycles. The zero-order valence-corrected chi connectivity index (χ0v) is 14.3. The Kier molecular flexibility index (Phi) is 6.83. The molecule has 0 saturated carbocycles. The molecule has 6 heteroatoms. The van der Waals surface area contributed by atoms with Crippen LogP contribution < -0.4 is 14.8 Å². The number of ether oxygens (including phenoxy) is 3. The Bertz CT molecular complexity index is 712. The van der Waals surface area contributed by atoms with Gasteiger partial charge in [-0.15, -0.1) is 0 Å². The van der Waals surface area contributed by atoms with Gasteiger partial charge in [0.15, 0.2) is 0 Å². The SMILES string of the molecule is COc1ccc(C(=O)NCC(=O)OCCOc2ccccc2C)cc1. The summed E-state index contributed by atoms with van der Waals surface area (Å²) in [7, 11) is 1.55. The lowest BCUT2D eigenvalue weighted by Crippen LogP contribution is -2.31. The van der Waals surface area contributed by atoms with E-state index in [9.17, 15) is 9.59 Å². The van der Waals surface area contributed by atoms with Gasteiger partial charge in [-0.3, -0.25) is 9.59 Å². The van der Waals surface area contributed by atoms with Crippen LogP contribution in [0.25, 0.3) is 0 Å². The lowest BCUT2D eigenvalue weighted by atomic mass is 10.2. The molecular formula is C19H21NO5. The van der Waals surface area contributed by atoms with Crippen molar-refractivity contribution in [2.45, 2.75) is 6.92 Å². The van der Waals surface area contributed by atoms with Gasteiger partial charge in [0.1, 0.15) is 31.3 Å². The number of esters is 1. The van der Waals surface area contributed by atoms with Crippen LogP contribution in [0.15, 0.2) is 48.5 Å². The molecule has 0 fully saturated rings. The van der Waals surface area contributed by atoms with Crippen molar-refractivity contribution in [2.24, 2.45) is 0 Å². The second-order valence-corrected chi connectivity index (χ2v) is 5.25. The van der Waals surface area contributed by atoms with Crippen molar-refractivity contribution < 1.29 is 23.8 Å². The minimum absolute atomic E-state index is 0.117. The Balaban J connectivity index is 1.66. The number of hydrogen-bond acceptors (Lipinski definition) is 5. The van der Waals surface area contributed by atoms with E-state index in [0.29, 0.717) is 11.3 Å². The third-order valence-corrected chi connectivity index (χ3v) is 3.44. The second-order valence-electron chi connectivity index (χ2n) is 5.25. The number of aryl methyl sites for hydroxylation is 1. The molecule has 2 rings (SSSR count). The first-order chi connectivity index (χ1) is 12.1. The Morgan fingerprint density at radius 3 is 2.40 bits per heavy atom. The summed E-state index contributed by atoms with van der Waals surface area (Å²) in [6.45, 7) is 2.11. The van der Waals surface area contributed by atoms with Crippen molar-refractivity contribution in [3.63, 3.8) is 0 Å². The fraction of sp³-hybridized carbons (Fsp3) is 0.263. The van der Waals surface area contributed by atoms with E-state index in [1.807, 2.05) is 31.2 Å². The number of benzene rings is 2. The molecule has 0 aromatic heterocycles. The van der Waals surface area contributed by atoms with Crippen LogP contribution in [0.1, 0.15) is 15.9 Å². The van der Waals surface area contributed by atoms with Crippen LogP contribution in [-0.4, -0.2) is 38.7 Å². The Labute approximate surface area is 146 Å². The van der Waals surface area contributed by atoms with Crippen LogP contribution in [0.2, 0.25) is 0 Å². The fourth-order valence-electron chi connectivity index (χ4n) is 2.07. The molecule has 1 amide bonds. The van der Waals surface area contributed by atoms with E-state index in [0.717, 1.165) is 11.3 Å². The van der Waals surface area contributed by atoms with Gasteiger partial charge in [-0.1, -0.05) is 18.2 Å². The molecule has 0 aliphatic heterocycles. The summed E-state index contributed by atoms with van der Waals surface area (Å²) in [6.07, 6.45) is 0. The number of nitrogens with one attached hydrogen (secondary N) is 1. The lowest BCUT2D eigenvalue weighted by Gasteiger charge is -2.10. The van der Waals surface area contributed by atoms with Crippen LogP contribution in [0, 0.1) is 6.92 Å². The summed E-state index contributed by atoms with van der Waals surface area (Å²) < 4.78 is 15.6. The number of carbonyl (C=O) groups excluding carboxylic acids is 2. The maximum atomic E-state index is 11.9. The molecule has 0 spiro atoms. The quantitative estimate of drug-likeness (QED) is 0.588. The Morgan fingerprint density at radius 1 is 1.00 bits per heavy atom. The molecule has 0 radical (unpaired) electrons. The topological polar surface area (TPSA) is 73.9 Å². The van der Waals surface area contributed by atoms with Crippen molar-refractivity contribution >= 4 is 11.9 Å². The van der Waals surface area contributed by atoms with Crippen LogP contribution in [-0.2, 0) is 9.53 Å². The zero-order chi connectivity index (χ0) is 18.1. The van der Waals surface area contributed by atoms with Crippen molar-refractivity contribution in [3.8, 4) is 11.5 Å². The first-order valence-electron chi connectivity index (χ1n) is 7.86. The van der Waals surface area contributed by atoms with E-state index >= 15 is 0 Å². The highest BCUT2D eigenvalue weighted by atomic mass is 16.6. The number of amides is 1. The number of methoxy groups -OCH3 is 1. The normalized spacial score (nSPS) is 10.0. The predicted molar refractivity (Wildman–Crippen MR) is 93.0 cm³/mol. The maximum absolute atomic E-state index is 11.9. The van der Waals surface area contributed by atoms with Gasteiger partial charge >= 0.3 is 5.97 Å². The monoisotopic (exact) mass is 343 g/mol. The van der Waals surface area contributed by atoms with Crippen molar-refractivity contribution in [1.29, 1.82) is 0 Å². The van der Waals surface area contributed by atoms with Crippen molar-refractivity contribution in [2.75, 3.05) is 26.9 Å². The van der Waals surface area contributed by atoms with Crippen molar-refractivity contribution in [3.05, 3.63) is 59.7 Å². The standard InChI is InChI=1S/C19H21NO5/c1-14-5-3-4-6-17(14)24-11-12-25-18(21)13-20-19(22)15-7-9-16(23-2)10-8-15/h3-10H,11-13H2,1-2H3,(H,20,22). The molecular weight excluding hydrogens is 322 g/mol. The highest BCUT2D eigenvalue weighted by molar-refractivity contribution is 5.96. The van der Waals surface area contributed by atoms with Crippen molar-refractivity contribution in [1.82, 2.24) is 5.32 Å². The minimum atomic E-state index is -0.518. The van der Waals surface area contributed by atoms with E-state index in [1.54, 1.807) is 31.4 Å². The minimum Gasteiger partial charge on any atom is -0.497 e. The maximum Gasteiger partial charge on any atom is 0.325 e. The number of rotatable bonds is 8. The van der Waals surface area contributed by atoms with E-state index in [4.69, 9.17) is 14.2 Å². The van der Waals surface area contributed by atoms with E-state index < -0.39 is 5.97 Å². The molecule has 1 N–H and O–H groups in total. The summed E-state index contributed by atoms with van der Waals surface area (Å²) in [6, 6.07) is 14.2. The molecule has 0 atom stereocenters. The summed E-state index contributed by atoms with van der Waals surface area (Å²) in [5.74, 6) is 0.543. The predicted octanol–water partition coefficient (Wildman–Crippen LogP) is 2.36. The summed E-state index contributed by atoms with van der Waals surface area (Å²) >= 11 is 0. The highest BCUT2D eigenvalue weighted by Gasteiger charge is 2.09. The van der Waals surface area contributed by atoms with Crippen LogP contribution in [0.3, 0.4) is 0 Å². The summed E-state index contributed by atoms with van der Waals surface area (Å²) in [5.41, 5.74) is 1.46. The third-order valence-electron chi connectivity index (χ3n) is 3.44. The zero-order valence-electron chi connectivity index (χ0n) is 14.3. The first-order valence-corrected chi connectivity index (χ1v) is 7.86. The molecule has 6 nitrogen and oxygen atoms in total. The van der Waals surface area contributed by atoms with Gasteiger partial charge in [-0.05, 0) is 42.8 Å². The van der Waals surface area contributed by atoms with Crippen LogP contribution in [0.5, 0.6) is 11.5 Å². The molecule has 2 aromatic rings. The Morgan fingerprint density at radius 2 is 1.72 bits per heavy atom. The molecule has 0 aliphatic rings. The van der Waals surface area contributed by atoms with Crippen LogP contribution >= 0.6 is 0 Å². The number of hydrogen-bond donors (Lipinski definition) is 1. The van der Waals surface area contributed by atoms with Crippen LogP contribution in [0.4, 0.5) is 0 Å². The summed E-state index contributed by atoms with van der Waals surface area (Å²) in [5, 5.41) is 2.51. The van der Waals surface area contributed by atoms with Gasteiger partial charge in [-0.2, -0.15) is 0 Å².